The molecule has 1 aromatic rings. The van der Waals surface area contributed by atoms with Crippen molar-refractivity contribution in [2.24, 2.45) is 0 Å². The first kappa shape index (κ1) is 21.0. The molecule has 5 heteroatoms. The number of amides is 1. The zero-order chi connectivity index (χ0) is 19.9. The van der Waals surface area contributed by atoms with Gasteiger partial charge in [-0.15, -0.1) is 0 Å². The fraction of sp³-hybridized carbons (Fsp3) is 0.545. The molecule has 148 valence electrons. The van der Waals surface area contributed by atoms with Gasteiger partial charge in [-0.2, -0.15) is 0 Å². The Morgan fingerprint density at radius 1 is 1.22 bits per heavy atom. The van der Waals surface area contributed by atoms with E-state index >= 15 is 0 Å². The number of nitrogens with one attached hydrogen (secondary N) is 1. The molecule has 1 amide bonds. The lowest BCUT2D eigenvalue weighted by Gasteiger charge is -2.29. The molecule has 5 nitrogen and oxygen atoms in total. The second kappa shape index (κ2) is 9.58. The first-order valence-electron chi connectivity index (χ1n) is 9.64. The average Bonchev–Trinajstić information content (AvgIpc) is 2.57. The molecule has 0 radical (unpaired) electrons. The van der Waals surface area contributed by atoms with Gasteiger partial charge in [-0.1, -0.05) is 30.3 Å². The van der Waals surface area contributed by atoms with Crippen LogP contribution in [0.4, 0.5) is 4.79 Å². The zero-order valence-corrected chi connectivity index (χ0v) is 16.8. The Morgan fingerprint density at radius 2 is 1.93 bits per heavy atom. The van der Waals surface area contributed by atoms with Crippen molar-refractivity contribution in [2.45, 2.75) is 77.5 Å². The van der Waals surface area contributed by atoms with E-state index in [4.69, 9.17) is 9.47 Å². The van der Waals surface area contributed by atoms with Gasteiger partial charge in [0.05, 0.1) is 6.04 Å². The molecule has 1 aliphatic rings. The van der Waals surface area contributed by atoms with Crippen molar-refractivity contribution < 1.29 is 19.1 Å². The molecule has 1 N–H and O–H groups in total. The summed E-state index contributed by atoms with van der Waals surface area (Å²) in [5, 5.41) is 3.02. The molecule has 1 unspecified atom stereocenters. The second-order valence-corrected chi connectivity index (χ2v) is 8.00. The Morgan fingerprint density at radius 3 is 2.56 bits per heavy atom. The van der Waals surface area contributed by atoms with E-state index in [1.54, 1.807) is 0 Å². The molecular formula is C22H31NO4. The molecule has 1 aromatic carbocycles. The lowest BCUT2D eigenvalue weighted by Crippen LogP contribution is -2.41. The summed E-state index contributed by atoms with van der Waals surface area (Å²) in [5.74, 6) is -0.279. The van der Waals surface area contributed by atoms with Gasteiger partial charge >= 0.3 is 12.1 Å². The van der Waals surface area contributed by atoms with Crippen molar-refractivity contribution in [1.29, 1.82) is 0 Å². The van der Waals surface area contributed by atoms with Gasteiger partial charge < -0.3 is 14.8 Å². The number of carbonyl (C=O) groups excluding carboxylic acids is 2. The van der Waals surface area contributed by atoms with Crippen molar-refractivity contribution in [1.82, 2.24) is 5.32 Å². The normalized spacial score (nSPS) is 18.2. The third-order valence-electron chi connectivity index (χ3n) is 4.37. The van der Waals surface area contributed by atoms with Crippen molar-refractivity contribution in [3.8, 4) is 0 Å². The van der Waals surface area contributed by atoms with Crippen LogP contribution in [0.3, 0.4) is 0 Å². The highest BCUT2D eigenvalue weighted by Crippen LogP contribution is 2.25. The largest absolute Gasteiger partial charge is 0.458 e. The monoisotopic (exact) mass is 373 g/mol. The van der Waals surface area contributed by atoms with Crippen LogP contribution in [0.2, 0.25) is 0 Å². The Bertz CT molecular complexity index is 661. The molecule has 0 aromatic heterocycles. The summed E-state index contributed by atoms with van der Waals surface area (Å²) in [6.07, 6.45) is 5.61. The Kier molecular flexibility index (Phi) is 7.45. The number of hydrogen-bond donors (Lipinski definition) is 1. The predicted molar refractivity (Wildman–Crippen MR) is 105 cm³/mol. The number of aryl methyl sites for hydroxylation is 1. The molecule has 0 fully saturated rings. The van der Waals surface area contributed by atoms with Gasteiger partial charge in [0.15, 0.2) is 0 Å². The Balaban J connectivity index is 2.11. The van der Waals surface area contributed by atoms with Gasteiger partial charge in [-0.25, -0.2) is 4.79 Å². The topological polar surface area (TPSA) is 64.6 Å². The van der Waals surface area contributed by atoms with E-state index in [1.165, 1.54) is 12.5 Å². The summed E-state index contributed by atoms with van der Waals surface area (Å²) in [7, 11) is 0. The zero-order valence-electron chi connectivity index (χ0n) is 16.8. The number of rotatable bonds is 6. The smallest absolute Gasteiger partial charge is 0.408 e. The van der Waals surface area contributed by atoms with Crippen LogP contribution in [-0.2, 0) is 20.7 Å². The summed E-state index contributed by atoms with van der Waals surface area (Å²) < 4.78 is 10.8. The maximum absolute atomic E-state index is 12.3. The van der Waals surface area contributed by atoms with Crippen LogP contribution < -0.4 is 5.32 Å². The Hall–Kier alpha value is -2.30. The number of alkyl carbamates (subject to hydrolysis) is 1. The number of esters is 1. The second-order valence-electron chi connectivity index (χ2n) is 8.00. The molecule has 0 saturated heterocycles. The average molecular weight is 373 g/mol. The minimum absolute atomic E-state index is 0.140. The summed E-state index contributed by atoms with van der Waals surface area (Å²) in [5.41, 5.74) is 1.78. The number of carbonyl (C=O) groups is 2. The maximum atomic E-state index is 12.3. The highest BCUT2D eigenvalue weighted by molar-refractivity contribution is 5.69. The molecular weight excluding hydrogens is 342 g/mol. The molecule has 0 saturated carbocycles. The van der Waals surface area contributed by atoms with Crippen LogP contribution in [0, 0.1) is 0 Å². The molecule has 2 atom stereocenters. The van der Waals surface area contributed by atoms with E-state index in [2.05, 4.69) is 17.4 Å². The number of benzene rings is 1. The van der Waals surface area contributed by atoms with Crippen molar-refractivity contribution in [3.05, 3.63) is 47.5 Å². The van der Waals surface area contributed by atoms with Crippen LogP contribution in [0.5, 0.6) is 0 Å². The Labute approximate surface area is 162 Å². The highest BCUT2D eigenvalue weighted by atomic mass is 16.6. The van der Waals surface area contributed by atoms with E-state index in [0.717, 1.165) is 37.7 Å². The molecule has 0 spiro atoms. The standard InChI is InChI=1S/C22H31NO4/c1-16(24)26-19-12-8-11-18(15-19)20(23-21(25)27-22(2,3)4)14-13-17-9-6-5-7-10-17/h5-7,9-10,15,19-20H,8,11-14H2,1-4H3,(H,23,25)/t19?,20-/m1/s1. The SMILES string of the molecule is CC(=O)OC1C=C([C@@H](CCc2ccccc2)NC(=O)OC(C)(C)C)CCC1. The fourth-order valence-electron chi connectivity index (χ4n) is 3.27. The van der Waals surface area contributed by atoms with Crippen LogP contribution >= 0.6 is 0 Å². The van der Waals surface area contributed by atoms with Gasteiger partial charge in [0.2, 0.25) is 0 Å². The highest BCUT2D eigenvalue weighted by Gasteiger charge is 2.25. The van der Waals surface area contributed by atoms with Crippen molar-refractivity contribution >= 4 is 12.1 Å². The van der Waals surface area contributed by atoms with Gasteiger partial charge in [0.1, 0.15) is 11.7 Å². The first-order chi connectivity index (χ1) is 12.7. The lowest BCUT2D eigenvalue weighted by molar-refractivity contribution is -0.144. The minimum Gasteiger partial charge on any atom is -0.458 e. The van der Waals surface area contributed by atoms with E-state index in [-0.39, 0.29) is 18.1 Å². The van der Waals surface area contributed by atoms with E-state index in [9.17, 15) is 9.59 Å². The summed E-state index contributed by atoms with van der Waals surface area (Å²) >= 11 is 0. The predicted octanol–water partition coefficient (Wildman–Crippen LogP) is 4.55. The van der Waals surface area contributed by atoms with Crippen LogP contribution in [-0.4, -0.2) is 29.8 Å². The number of hydrogen-bond acceptors (Lipinski definition) is 4. The third-order valence-corrected chi connectivity index (χ3v) is 4.37. The van der Waals surface area contributed by atoms with Gasteiger partial charge in [-0.05, 0) is 70.1 Å². The molecule has 1 aliphatic carbocycles. The van der Waals surface area contributed by atoms with Gasteiger partial charge in [0.25, 0.3) is 0 Å². The van der Waals surface area contributed by atoms with Gasteiger partial charge in [0, 0.05) is 6.92 Å². The molecule has 0 bridgehead atoms. The summed E-state index contributed by atoms with van der Waals surface area (Å²) in [6, 6.07) is 10.1. The van der Waals surface area contributed by atoms with Crippen LogP contribution in [0.1, 0.15) is 58.9 Å². The van der Waals surface area contributed by atoms with Crippen molar-refractivity contribution in [3.63, 3.8) is 0 Å². The van der Waals surface area contributed by atoms with E-state index in [1.807, 2.05) is 45.0 Å². The summed E-state index contributed by atoms with van der Waals surface area (Å²) in [4.78, 5) is 23.6. The third kappa shape index (κ3) is 7.85. The molecule has 0 aliphatic heterocycles. The van der Waals surface area contributed by atoms with E-state index in [0.29, 0.717) is 0 Å². The number of ether oxygens (including phenoxy) is 2. The maximum Gasteiger partial charge on any atom is 0.408 e. The quantitative estimate of drug-likeness (QED) is 0.587. The molecule has 0 heterocycles. The van der Waals surface area contributed by atoms with E-state index < -0.39 is 11.7 Å². The fourth-order valence-corrected chi connectivity index (χ4v) is 3.27. The van der Waals surface area contributed by atoms with Crippen LogP contribution in [0.25, 0.3) is 0 Å². The lowest BCUT2D eigenvalue weighted by atomic mass is 9.89. The van der Waals surface area contributed by atoms with Crippen LogP contribution in [0.15, 0.2) is 42.0 Å². The van der Waals surface area contributed by atoms with Gasteiger partial charge in [-0.3, -0.25) is 4.79 Å². The first-order valence-corrected chi connectivity index (χ1v) is 9.64. The molecule has 27 heavy (non-hydrogen) atoms. The molecule has 2 rings (SSSR count). The minimum atomic E-state index is -0.546. The van der Waals surface area contributed by atoms with Crippen molar-refractivity contribution in [2.75, 3.05) is 0 Å². The summed E-state index contributed by atoms with van der Waals surface area (Å²) in [6.45, 7) is 6.97.